The molecule has 0 aromatic heterocycles. The predicted molar refractivity (Wildman–Crippen MR) is 176 cm³/mol. The molecule has 0 bridgehead atoms. The average molecular weight is 648 g/mol. The van der Waals surface area contributed by atoms with Gasteiger partial charge in [0, 0.05) is 26.6 Å². The monoisotopic (exact) mass is 647 g/mol. The number of carboxylic acids is 1. The van der Waals surface area contributed by atoms with Gasteiger partial charge in [0.2, 0.25) is 11.8 Å². The molecule has 4 rings (SSSR count). The van der Waals surface area contributed by atoms with Gasteiger partial charge in [-0.3, -0.25) is 14.4 Å². The van der Waals surface area contributed by atoms with E-state index in [9.17, 15) is 29.1 Å². The van der Waals surface area contributed by atoms with Crippen LogP contribution in [0.5, 0.6) is 0 Å². The van der Waals surface area contributed by atoms with E-state index in [1.807, 2.05) is 36.4 Å². The third-order valence-electron chi connectivity index (χ3n) is 8.38. The zero-order valence-corrected chi connectivity index (χ0v) is 28.0. The number of hydrogen-bond acceptors (Lipinski definition) is 7. The van der Waals surface area contributed by atoms with Crippen LogP contribution in [0.4, 0.5) is 4.79 Å². The van der Waals surface area contributed by atoms with E-state index in [1.54, 1.807) is 44.9 Å². The van der Waals surface area contributed by atoms with E-state index in [0.29, 0.717) is 32.2 Å². The fourth-order valence-electron chi connectivity index (χ4n) is 6.02. The van der Waals surface area contributed by atoms with Crippen molar-refractivity contribution in [1.82, 2.24) is 20.5 Å². The molecule has 2 aliphatic rings. The third kappa shape index (κ3) is 8.55. The van der Waals surface area contributed by atoms with Crippen LogP contribution in [-0.2, 0) is 32.0 Å². The lowest BCUT2D eigenvalue weighted by Crippen LogP contribution is -2.62. The molecule has 2 atom stereocenters. The van der Waals surface area contributed by atoms with Gasteiger partial charge in [-0.15, -0.1) is 0 Å². The van der Waals surface area contributed by atoms with Crippen LogP contribution < -0.4 is 10.6 Å². The van der Waals surface area contributed by atoms with E-state index in [-0.39, 0.29) is 30.3 Å². The highest BCUT2D eigenvalue weighted by Crippen LogP contribution is 2.38. The molecule has 2 aromatic rings. The number of carbonyl (C=O) groups is 5. The minimum atomic E-state index is -1.42. The summed E-state index contributed by atoms with van der Waals surface area (Å²) < 4.78 is 5.34. The lowest BCUT2D eigenvalue weighted by molar-refractivity contribution is -0.142. The number of ether oxygens (including phenoxy) is 1. The highest BCUT2D eigenvalue weighted by molar-refractivity contribution is 6.13. The standard InChI is InChI=1S/C35H45N5O7/c1-33(2,3)47-32(46)37-34(4,5)30(44)36-26(17-11-15-23-14-10-16-25(20-23)29(42)43)28(41)40-19-18-27-35(22-40,31(45)39(6)38-27)21-24-12-8-7-9-13-24/h7-10,12-14,16,20,26H,11,15,17-19,21-22H2,1-6H3,(H,36,44)(H,37,46)(H,42,43)/t26-,35-/m1/s1. The normalized spacial score (nSPS) is 18.6. The van der Waals surface area contributed by atoms with Crippen LogP contribution in [0.1, 0.15) is 75.4 Å². The highest BCUT2D eigenvalue weighted by Gasteiger charge is 2.54. The van der Waals surface area contributed by atoms with Crippen molar-refractivity contribution in [3.63, 3.8) is 0 Å². The average Bonchev–Trinajstić information content (AvgIpc) is 3.23. The van der Waals surface area contributed by atoms with Gasteiger partial charge in [-0.1, -0.05) is 42.5 Å². The first-order valence-electron chi connectivity index (χ1n) is 15.8. The number of rotatable bonds is 11. The molecular formula is C35H45N5O7. The van der Waals surface area contributed by atoms with Crippen molar-refractivity contribution in [3.8, 4) is 0 Å². The van der Waals surface area contributed by atoms with E-state index >= 15 is 0 Å². The summed E-state index contributed by atoms with van der Waals surface area (Å²) >= 11 is 0. The van der Waals surface area contributed by atoms with Gasteiger partial charge >= 0.3 is 12.1 Å². The zero-order valence-electron chi connectivity index (χ0n) is 28.0. The molecule has 0 aliphatic carbocycles. The first-order valence-corrected chi connectivity index (χ1v) is 15.8. The summed E-state index contributed by atoms with van der Waals surface area (Å²) in [6.45, 7) is 8.62. The summed E-state index contributed by atoms with van der Waals surface area (Å²) in [6.07, 6.45) is 1.18. The number of amides is 4. The molecule has 12 nitrogen and oxygen atoms in total. The van der Waals surface area contributed by atoms with Crippen LogP contribution in [0.2, 0.25) is 0 Å². The third-order valence-corrected chi connectivity index (χ3v) is 8.38. The number of piperidine rings is 1. The van der Waals surface area contributed by atoms with E-state index in [1.165, 1.54) is 24.9 Å². The van der Waals surface area contributed by atoms with Gasteiger partial charge in [-0.25, -0.2) is 14.6 Å². The van der Waals surface area contributed by atoms with E-state index in [2.05, 4.69) is 15.7 Å². The molecule has 0 spiro atoms. The maximum Gasteiger partial charge on any atom is 0.408 e. The van der Waals surface area contributed by atoms with E-state index < -0.39 is 40.6 Å². The van der Waals surface area contributed by atoms with Gasteiger partial charge in [0.15, 0.2) is 0 Å². The zero-order chi connectivity index (χ0) is 34.6. The van der Waals surface area contributed by atoms with E-state index in [0.717, 1.165) is 16.8 Å². The van der Waals surface area contributed by atoms with Crippen molar-refractivity contribution in [3.05, 3.63) is 71.3 Å². The Bertz CT molecular complexity index is 1550. The topological polar surface area (TPSA) is 158 Å². The Morgan fingerprint density at radius 1 is 1.02 bits per heavy atom. The minimum absolute atomic E-state index is 0.106. The highest BCUT2D eigenvalue weighted by atomic mass is 16.6. The maximum atomic E-state index is 14.3. The van der Waals surface area contributed by atoms with Crippen LogP contribution in [0.25, 0.3) is 0 Å². The number of carbonyl (C=O) groups excluding carboxylic acids is 4. The van der Waals surface area contributed by atoms with Gasteiger partial charge in [0.05, 0.1) is 11.3 Å². The van der Waals surface area contributed by atoms with Crippen molar-refractivity contribution in [2.75, 3.05) is 20.1 Å². The van der Waals surface area contributed by atoms with E-state index in [4.69, 9.17) is 4.74 Å². The van der Waals surface area contributed by atoms with Crippen molar-refractivity contribution in [2.45, 2.75) is 83.9 Å². The number of aryl methyl sites for hydroxylation is 1. The summed E-state index contributed by atoms with van der Waals surface area (Å²) in [5, 5.41) is 20.7. The second-order valence-electron chi connectivity index (χ2n) is 13.8. The largest absolute Gasteiger partial charge is 0.478 e. The number of benzene rings is 2. The number of likely N-dealkylation sites (tertiary alicyclic amines) is 1. The Kier molecular flexibility index (Phi) is 10.4. The Morgan fingerprint density at radius 2 is 1.70 bits per heavy atom. The molecule has 1 fully saturated rings. The van der Waals surface area contributed by atoms with Gasteiger partial charge < -0.3 is 25.4 Å². The Balaban J connectivity index is 1.56. The second-order valence-corrected chi connectivity index (χ2v) is 13.8. The summed E-state index contributed by atoms with van der Waals surface area (Å²) in [4.78, 5) is 67.1. The van der Waals surface area contributed by atoms with Crippen molar-refractivity contribution in [1.29, 1.82) is 0 Å². The molecule has 4 amide bonds. The van der Waals surface area contributed by atoms with Crippen LogP contribution in [-0.4, -0.2) is 87.8 Å². The van der Waals surface area contributed by atoms with Gasteiger partial charge in [0.25, 0.3) is 5.91 Å². The van der Waals surface area contributed by atoms with Crippen molar-refractivity contribution < 1.29 is 33.8 Å². The fourth-order valence-corrected chi connectivity index (χ4v) is 6.02. The number of hydrogen-bond donors (Lipinski definition) is 3. The maximum absolute atomic E-state index is 14.3. The van der Waals surface area contributed by atoms with Crippen molar-refractivity contribution >= 4 is 35.5 Å². The predicted octanol–water partition coefficient (Wildman–Crippen LogP) is 3.79. The number of nitrogens with zero attached hydrogens (tertiary/aromatic N) is 3. The first kappa shape index (κ1) is 35.1. The fraction of sp³-hybridized carbons (Fsp3) is 0.486. The molecule has 0 saturated carbocycles. The van der Waals surface area contributed by atoms with Crippen molar-refractivity contribution in [2.24, 2.45) is 10.5 Å². The van der Waals surface area contributed by atoms with Gasteiger partial charge in [0.1, 0.15) is 22.6 Å². The second kappa shape index (κ2) is 13.9. The smallest absolute Gasteiger partial charge is 0.408 e. The van der Waals surface area contributed by atoms with Gasteiger partial charge in [-0.2, -0.15) is 5.10 Å². The number of aromatic carboxylic acids is 1. The number of carboxylic acid groups (broad SMARTS) is 1. The lowest BCUT2D eigenvalue weighted by Gasteiger charge is -2.41. The van der Waals surface area contributed by atoms with Crippen LogP contribution in [0, 0.1) is 5.41 Å². The number of nitrogens with one attached hydrogen (secondary N) is 2. The lowest BCUT2D eigenvalue weighted by atomic mass is 9.73. The molecule has 2 heterocycles. The number of alkyl carbamates (subject to hydrolysis) is 1. The summed E-state index contributed by atoms with van der Waals surface area (Å²) in [5.41, 5.74) is -0.579. The molecule has 2 aromatic carbocycles. The summed E-state index contributed by atoms with van der Waals surface area (Å²) in [5.74, 6) is -2.14. The van der Waals surface area contributed by atoms with Crippen LogP contribution >= 0.6 is 0 Å². The molecule has 0 unspecified atom stereocenters. The van der Waals surface area contributed by atoms with Gasteiger partial charge in [-0.05, 0) is 83.6 Å². The Hall–Kier alpha value is -4.74. The van der Waals surface area contributed by atoms with Crippen LogP contribution in [0.3, 0.4) is 0 Å². The Labute approximate surface area is 275 Å². The molecule has 1 saturated heterocycles. The molecule has 3 N–H and O–H groups in total. The molecule has 47 heavy (non-hydrogen) atoms. The Morgan fingerprint density at radius 3 is 2.36 bits per heavy atom. The first-order chi connectivity index (χ1) is 22.0. The number of hydrazone groups is 1. The summed E-state index contributed by atoms with van der Waals surface area (Å²) in [7, 11) is 1.62. The SMILES string of the molecule is CN1N=C2CCN(C(=O)[C@@H](CCCc3cccc(C(=O)O)c3)NC(=O)C(C)(C)NC(=O)OC(C)(C)C)C[C@@]2(Cc2ccccc2)C1=O. The molecule has 0 radical (unpaired) electrons. The number of fused-ring (bicyclic) bond motifs is 1. The molecule has 2 aliphatic heterocycles. The minimum Gasteiger partial charge on any atom is -0.478 e. The molecular weight excluding hydrogens is 602 g/mol. The quantitative estimate of drug-likeness (QED) is 0.335. The molecule has 252 valence electrons. The van der Waals surface area contributed by atoms with Crippen LogP contribution in [0.15, 0.2) is 59.7 Å². The summed E-state index contributed by atoms with van der Waals surface area (Å²) in [6, 6.07) is 15.2. The molecule has 12 heteroatoms.